The molecule has 4 N–H and O–H groups in total. The predicted molar refractivity (Wildman–Crippen MR) is 122 cm³/mol. The second-order valence-corrected chi connectivity index (χ2v) is 7.89. The van der Waals surface area contributed by atoms with Crippen molar-refractivity contribution in [2.24, 2.45) is 0 Å². The number of hydrogen-bond donors (Lipinski definition) is 4. The molecule has 2 aromatic rings. The first kappa shape index (κ1) is 24.3. The molecule has 2 aromatic carbocycles. The van der Waals surface area contributed by atoms with Crippen LogP contribution in [0.1, 0.15) is 54.9 Å². The van der Waals surface area contributed by atoms with E-state index in [1.807, 2.05) is 38.1 Å². The Balaban J connectivity index is 1.71. The van der Waals surface area contributed by atoms with Crippen LogP contribution in [0.15, 0.2) is 36.4 Å². The standard InChI is InChI=1S/C25H34N2O4/c1-3-14-26-24(30)13-9-20-7-11-23(29)21(17-20)5-4-15-27-25(31)12-8-19-6-10-22(28)18(2)16-19/h6-7,10-11,16-17,28-29H,3-5,8-9,12-15H2,1-2H3,(H,26,30)(H,27,31). The van der Waals surface area contributed by atoms with Crippen LogP contribution in [0.2, 0.25) is 0 Å². The molecule has 2 amide bonds. The second-order valence-electron chi connectivity index (χ2n) is 7.89. The third-order valence-electron chi connectivity index (χ3n) is 5.20. The molecule has 0 spiro atoms. The van der Waals surface area contributed by atoms with Crippen molar-refractivity contribution in [2.75, 3.05) is 13.1 Å². The SMILES string of the molecule is CCCNC(=O)CCc1ccc(O)c(CCCNC(=O)CCc2ccc(O)c(C)c2)c1. The molecule has 6 heteroatoms. The summed E-state index contributed by atoms with van der Waals surface area (Å²) in [7, 11) is 0. The van der Waals surface area contributed by atoms with Gasteiger partial charge in [-0.2, -0.15) is 0 Å². The molecule has 2 rings (SSSR count). The zero-order chi connectivity index (χ0) is 22.6. The van der Waals surface area contributed by atoms with Crippen molar-refractivity contribution in [3.63, 3.8) is 0 Å². The maximum atomic E-state index is 12.1. The number of nitrogens with one attached hydrogen (secondary N) is 2. The number of carbonyl (C=O) groups excluding carboxylic acids is 2. The number of benzene rings is 2. The topological polar surface area (TPSA) is 98.7 Å². The minimum absolute atomic E-state index is 0.0122. The van der Waals surface area contributed by atoms with Crippen LogP contribution in [0.4, 0.5) is 0 Å². The lowest BCUT2D eigenvalue weighted by atomic mass is 10.0. The van der Waals surface area contributed by atoms with Gasteiger partial charge in [-0.3, -0.25) is 9.59 Å². The average Bonchev–Trinajstić information content (AvgIpc) is 2.76. The summed E-state index contributed by atoms with van der Waals surface area (Å²) in [5.41, 5.74) is 3.69. The van der Waals surface area contributed by atoms with Gasteiger partial charge >= 0.3 is 0 Å². The molecule has 168 valence electrons. The van der Waals surface area contributed by atoms with Crippen LogP contribution in [0.3, 0.4) is 0 Å². The third-order valence-corrected chi connectivity index (χ3v) is 5.20. The lowest BCUT2D eigenvalue weighted by molar-refractivity contribution is -0.121. The Labute approximate surface area is 184 Å². The summed E-state index contributed by atoms with van der Waals surface area (Å²) in [5, 5.41) is 25.5. The van der Waals surface area contributed by atoms with Crippen molar-refractivity contribution in [1.82, 2.24) is 10.6 Å². The zero-order valence-electron chi connectivity index (χ0n) is 18.5. The Morgan fingerprint density at radius 3 is 2.00 bits per heavy atom. The normalized spacial score (nSPS) is 10.6. The van der Waals surface area contributed by atoms with Crippen molar-refractivity contribution < 1.29 is 19.8 Å². The maximum Gasteiger partial charge on any atom is 0.220 e. The molecule has 0 fully saturated rings. The van der Waals surface area contributed by atoms with Crippen LogP contribution in [-0.4, -0.2) is 35.1 Å². The van der Waals surface area contributed by atoms with Crippen molar-refractivity contribution in [2.45, 2.75) is 58.8 Å². The summed E-state index contributed by atoms with van der Waals surface area (Å²) < 4.78 is 0. The molecule has 0 radical (unpaired) electrons. The molecule has 0 atom stereocenters. The van der Waals surface area contributed by atoms with Crippen molar-refractivity contribution in [3.05, 3.63) is 58.7 Å². The highest BCUT2D eigenvalue weighted by atomic mass is 16.3. The van der Waals surface area contributed by atoms with E-state index in [-0.39, 0.29) is 23.3 Å². The lowest BCUT2D eigenvalue weighted by Gasteiger charge is -2.09. The molecule has 0 aliphatic carbocycles. The summed E-state index contributed by atoms with van der Waals surface area (Å²) in [6, 6.07) is 10.8. The van der Waals surface area contributed by atoms with Gasteiger partial charge in [0.25, 0.3) is 0 Å². The molecule has 0 unspecified atom stereocenters. The van der Waals surface area contributed by atoms with E-state index in [1.54, 1.807) is 12.1 Å². The first-order valence-electron chi connectivity index (χ1n) is 11.0. The van der Waals surface area contributed by atoms with Gasteiger partial charge in [0.15, 0.2) is 0 Å². The molecule has 0 aromatic heterocycles. The monoisotopic (exact) mass is 426 g/mol. The van der Waals surface area contributed by atoms with E-state index in [0.717, 1.165) is 35.1 Å². The van der Waals surface area contributed by atoms with Crippen molar-refractivity contribution in [1.29, 1.82) is 0 Å². The molecule has 31 heavy (non-hydrogen) atoms. The van der Waals surface area contributed by atoms with E-state index in [4.69, 9.17) is 0 Å². The number of hydrogen-bond acceptors (Lipinski definition) is 4. The quantitative estimate of drug-likeness (QED) is 0.390. The molecule has 0 heterocycles. The minimum atomic E-state index is -0.0122. The van der Waals surface area contributed by atoms with Crippen LogP contribution >= 0.6 is 0 Å². The number of aryl methyl sites for hydroxylation is 4. The van der Waals surface area contributed by atoms with Crippen LogP contribution in [0.5, 0.6) is 11.5 Å². The third kappa shape index (κ3) is 8.70. The van der Waals surface area contributed by atoms with E-state index < -0.39 is 0 Å². The summed E-state index contributed by atoms with van der Waals surface area (Å²) in [4.78, 5) is 23.8. The highest BCUT2D eigenvalue weighted by Gasteiger charge is 2.07. The van der Waals surface area contributed by atoms with E-state index in [0.29, 0.717) is 45.2 Å². The number of phenols is 2. The number of aromatic hydroxyl groups is 2. The fraction of sp³-hybridized carbons (Fsp3) is 0.440. The summed E-state index contributed by atoms with van der Waals surface area (Å²) >= 11 is 0. The van der Waals surface area contributed by atoms with Crippen molar-refractivity contribution in [3.8, 4) is 11.5 Å². The Kier molecular flexibility index (Phi) is 9.88. The minimum Gasteiger partial charge on any atom is -0.508 e. The maximum absolute atomic E-state index is 12.1. The second kappa shape index (κ2) is 12.6. The van der Waals surface area contributed by atoms with Crippen LogP contribution in [0, 0.1) is 6.92 Å². The number of rotatable bonds is 12. The van der Waals surface area contributed by atoms with E-state index in [2.05, 4.69) is 10.6 Å². The van der Waals surface area contributed by atoms with Gasteiger partial charge in [0.1, 0.15) is 11.5 Å². The Morgan fingerprint density at radius 1 is 0.806 bits per heavy atom. The van der Waals surface area contributed by atoms with Gasteiger partial charge in [-0.15, -0.1) is 0 Å². The highest BCUT2D eigenvalue weighted by Crippen LogP contribution is 2.21. The predicted octanol–water partition coefficient (Wildman–Crippen LogP) is 3.55. The smallest absolute Gasteiger partial charge is 0.220 e. The first-order valence-corrected chi connectivity index (χ1v) is 11.0. The lowest BCUT2D eigenvalue weighted by Crippen LogP contribution is -2.25. The molecule has 0 bridgehead atoms. The highest BCUT2D eigenvalue weighted by molar-refractivity contribution is 5.76. The van der Waals surface area contributed by atoms with Gasteiger partial charge in [0.05, 0.1) is 0 Å². The van der Waals surface area contributed by atoms with Gasteiger partial charge in [-0.25, -0.2) is 0 Å². The molecule has 0 saturated carbocycles. The van der Waals surface area contributed by atoms with Crippen LogP contribution in [0.25, 0.3) is 0 Å². The largest absolute Gasteiger partial charge is 0.508 e. The van der Waals surface area contributed by atoms with Crippen LogP contribution < -0.4 is 10.6 Å². The molecule has 0 aliphatic heterocycles. The summed E-state index contributed by atoms with van der Waals surface area (Å²) in [6.07, 6.45) is 4.38. The van der Waals surface area contributed by atoms with E-state index in [1.165, 1.54) is 0 Å². The molecule has 0 aliphatic rings. The Morgan fingerprint density at radius 2 is 1.39 bits per heavy atom. The average molecular weight is 427 g/mol. The Hall–Kier alpha value is -3.02. The van der Waals surface area contributed by atoms with Gasteiger partial charge in [0.2, 0.25) is 11.8 Å². The van der Waals surface area contributed by atoms with Gasteiger partial charge in [-0.05, 0) is 73.4 Å². The summed E-state index contributed by atoms with van der Waals surface area (Å²) in [5.74, 6) is 0.539. The number of amides is 2. The van der Waals surface area contributed by atoms with Gasteiger partial charge in [0, 0.05) is 25.9 Å². The Bertz CT molecular complexity index is 880. The number of carbonyl (C=O) groups is 2. The molecule has 0 saturated heterocycles. The number of phenolic OH excluding ortho intramolecular Hbond substituents is 2. The van der Waals surface area contributed by atoms with E-state index >= 15 is 0 Å². The van der Waals surface area contributed by atoms with E-state index in [9.17, 15) is 19.8 Å². The van der Waals surface area contributed by atoms with Gasteiger partial charge < -0.3 is 20.8 Å². The van der Waals surface area contributed by atoms with Crippen LogP contribution in [-0.2, 0) is 28.9 Å². The molecular formula is C25H34N2O4. The zero-order valence-corrected chi connectivity index (χ0v) is 18.5. The molecular weight excluding hydrogens is 392 g/mol. The first-order chi connectivity index (χ1) is 14.9. The van der Waals surface area contributed by atoms with Crippen molar-refractivity contribution >= 4 is 11.8 Å². The fourth-order valence-corrected chi connectivity index (χ4v) is 3.33. The fourth-order valence-electron chi connectivity index (χ4n) is 3.33. The molecule has 6 nitrogen and oxygen atoms in total. The summed E-state index contributed by atoms with van der Waals surface area (Å²) in [6.45, 7) is 5.09. The van der Waals surface area contributed by atoms with Gasteiger partial charge in [-0.1, -0.05) is 31.2 Å².